The lowest BCUT2D eigenvalue weighted by molar-refractivity contribution is -0.384. The second kappa shape index (κ2) is 9.07. The third kappa shape index (κ3) is 4.64. The minimum Gasteiger partial charge on any atom is -0.385 e. The Bertz CT molecular complexity index is 1020. The highest BCUT2D eigenvalue weighted by Crippen LogP contribution is 2.25. The van der Waals surface area contributed by atoms with Gasteiger partial charge in [0.25, 0.3) is 11.6 Å². The van der Waals surface area contributed by atoms with Crippen molar-refractivity contribution in [2.75, 3.05) is 20.3 Å². The van der Waals surface area contributed by atoms with Crippen LogP contribution in [0.2, 0.25) is 0 Å². The van der Waals surface area contributed by atoms with Gasteiger partial charge in [-0.05, 0) is 36.8 Å². The Hall–Kier alpha value is -3.59. The van der Waals surface area contributed by atoms with Gasteiger partial charge in [-0.1, -0.05) is 12.1 Å². The van der Waals surface area contributed by atoms with Crippen molar-refractivity contribution in [1.29, 1.82) is 0 Å². The second-order valence-corrected chi connectivity index (χ2v) is 6.18. The summed E-state index contributed by atoms with van der Waals surface area (Å²) < 4.78 is 20.5. The predicted molar refractivity (Wildman–Crippen MR) is 104 cm³/mol. The molecule has 150 valence electrons. The number of nitro benzene ring substituents is 1. The summed E-state index contributed by atoms with van der Waals surface area (Å²) in [7, 11) is 1.58. The van der Waals surface area contributed by atoms with Crippen molar-refractivity contribution in [1.82, 2.24) is 15.1 Å². The van der Waals surface area contributed by atoms with Gasteiger partial charge in [-0.3, -0.25) is 14.9 Å². The summed E-state index contributed by atoms with van der Waals surface area (Å²) in [6.07, 6.45) is 0.633. The van der Waals surface area contributed by atoms with E-state index in [2.05, 4.69) is 10.4 Å². The minimum atomic E-state index is -0.513. The molecule has 0 fully saturated rings. The standard InChI is InChI=1S/C20H19FN4O4/c1-29-12-4-11-22-20(26)19-13-18(16-5-2-3-6-17(16)21)23-24(19)14-7-9-15(10-8-14)25(27)28/h2-3,5-10,13H,4,11-12H2,1H3,(H,22,26). The maximum atomic E-state index is 14.2. The number of rotatable bonds is 8. The van der Waals surface area contributed by atoms with Crippen LogP contribution in [0.4, 0.5) is 10.1 Å². The van der Waals surface area contributed by atoms with Gasteiger partial charge in [0.05, 0.1) is 16.3 Å². The van der Waals surface area contributed by atoms with Crippen LogP contribution >= 0.6 is 0 Å². The molecule has 0 aliphatic rings. The molecular formula is C20H19FN4O4. The van der Waals surface area contributed by atoms with Gasteiger partial charge in [-0.2, -0.15) is 5.10 Å². The van der Waals surface area contributed by atoms with Crippen LogP contribution in [-0.2, 0) is 4.74 Å². The van der Waals surface area contributed by atoms with Gasteiger partial charge in [0, 0.05) is 38.0 Å². The van der Waals surface area contributed by atoms with Gasteiger partial charge in [0.15, 0.2) is 0 Å². The van der Waals surface area contributed by atoms with Crippen LogP contribution in [-0.4, -0.2) is 40.9 Å². The Morgan fingerprint density at radius 2 is 1.97 bits per heavy atom. The lowest BCUT2D eigenvalue weighted by atomic mass is 10.1. The summed E-state index contributed by atoms with van der Waals surface area (Å²) in [5.41, 5.74) is 1.08. The van der Waals surface area contributed by atoms with Crippen LogP contribution in [0.15, 0.2) is 54.6 Å². The number of benzene rings is 2. The van der Waals surface area contributed by atoms with Crippen LogP contribution in [0.25, 0.3) is 16.9 Å². The molecule has 0 atom stereocenters. The van der Waals surface area contributed by atoms with Crippen molar-refractivity contribution in [2.45, 2.75) is 6.42 Å². The maximum Gasteiger partial charge on any atom is 0.270 e. The number of aromatic nitrogens is 2. The Labute approximate surface area is 166 Å². The van der Waals surface area contributed by atoms with Crippen LogP contribution in [0.5, 0.6) is 0 Å². The highest BCUT2D eigenvalue weighted by atomic mass is 19.1. The first kappa shape index (κ1) is 20.2. The van der Waals surface area contributed by atoms with E-state index in [1.165, 1.54) is 41.1 Å². The number of nitro groups is 1. The van der Waals surface area contributed by atoms with E-state index in [1.54, 1.807) is 25.3 Å². The monoisotopic (exact) mass is 398 g/mol. The number of methoxy groups -OCH3 is 1. The van der Waals surface area contributed by atoms with E-state index in [1.807, 2.05) is 0 Å². The minimum absolute atomic E-state index is 0.0826. The molecule has 1 heterocycles. The maximum absolute atomic E-state index is 14.2. The van der Waals surface area contributed by atoms with E-state index in [0.717, 1.165) is 0 Å². The molecule has 9 heteroatoms. The number of carbonyl (C=O) groups excluding carboxylic acids is 1. The fourth-order valence-electron chi connectivity index (χ4n) is 2.76. The summed E-state index contributed by atoms with van der Waals surface area (Å²) in [5.74, 6) is -0.859. The van der Waals surface area contributed by atoms with Gasteiger partial charge in [0.2, 0.25) is 0 Å². The molecule has 0 aliphatic heterocycles. The van der Waals surface area contributed by atoms with E-state index < -0.39 is 16.6 Å². The second-order valence-electron chi connectivity index (χ2n) is 6.18. The number of non-ortho nitro benzene ring substituents is 1. The molecule has 1 N–H and O–H groups in total. The third-order valence-electron chi connectivity index (χ3n) is 4.21. The number of carbonyl (C=O) groups is 1. The van der Waals surface area contributed by atoms with Crippen LogP contribution in [0.1, 0.15) is 16.9 Å². The molecule has 3 rings (SSSR count). The molecule has 0 aliphatic carbocycles. The first-order chi connectivity index (χ1) is 14.0. The summed E-state index contributed by atoms with van der Waals surface area (Å²) in [5, 5.41) is 18.0. The Balaban J connectivity index is 1.99. The number of ether oxygens (including phenoxy) is 1. The lowest BCUT2D eigenvalue weighted by Gasteiger charge is -2.08. The molecule has 0 unspecified atom stereocenters. The molecule has 0 bridgehead atoms. The molecule has 8 nitrogen and oxygen atoms in total. The molecule has 3 aromatic rings. The van der Waals surface area contributed by atoms with E-state index >= 15 is 0 Å². The van der Waals surface area contributed by atoms with E-state index in [-0.39, 0.29) is 22.6 Å². The van der Waals surface area contributed by atoms with Crippen molar-refractivity contribution in [2.24, 2.45) is 0 Å². The SMILES string of the molecule is COCCCNC(=O)c1cc(-c2ccccc2F)nn1-c1ccc([N+](=O)[O-])cc1. The highest BCUT2D eigenvalue weighted by molar-refractivity contribution is 5.94. The highest BCUT2D eigenvalue weighted by Gasteiger charge is 2.19. The number of hydrogen-bond acceptors (Lipinski definition) is 5. The van der Waals surface area contributed by atoms with Crippen molar-refractivity contribution in [3.05, 3.63) is 76.2 Å². The lowest BCUT2D eigenvalue weighted by Crippen LogP contribution is -2.27. The zero-order valence-electron chi connectivity index (χ0n) is 15.7. The van der Waals surface area contributed by atoms with Crippen LogP contribution in [0, 0.1) is 15.9 Å². The number of hydrogen-bond donors (Lipinski definition) is 1. The van der Waals surface area contributed by atoms with Gasteiger partial charge in [-0.25, -0.2) is 9.07 Å². The average Bonchev–Trinajstić information content (AvgIpc) is 3.17. The Kier molecular flexibility index (Phi) is 6.30. The smallest absolute Gasteiger partial charge is 0.270 e. The predicted octanol–water partition coefficient (Wildman–Crippen LogP) is 3.35. The molecule has 0 saturated heterocycles. The largest absolute Gasteiger partial charge is 0.385 e. The van der Waals surface area contributed by atoms with Crippen LogP contribution in [0.3, 0.4) is 0 Å². The molecule has 1 amide bonds. The molecule has 1 aromatic heterocycles. The Morgan fingerprint density at radius 1 is 1.24 bits per heavy atom. The topological polar surface area (TPSA) is 99.3 Å². The number of halogens is 1. The fourth-order valence-corrected chi connectivity index (χ4v) is 2.76. The molecule has 0 radical (unpaired) electrons. The summed E-state index contributed by atoms with van der Waals surface area (Å²) >= 11 is 0. The summed E-state index contributed by atoms with van der Waals surface area (Å²) in [6.45, 7) is 0.898. The number of nitrogens with one attached hydrogen (secondary N) is 1. The first-order valence-electron chi connectivity index (χ1n) is 8.88. The number of nitrogens with zero attached hydrogens (tertiary/aromatic N) is 3. The third-order valence-corrected chi connectivity index (χ3v) is 4.21. The number of amides is 1. The zero-order chi connectivity index (χ0) is 20.8. The van der Waals surface area contributed by atoms with Crippen molar-refractivity contribution in [3.63, 3.8) is 0 Å². The fraction of sp³-hybridized carbons (Fsp3) is 0.200. The van der Waals surface area contributed by atoms with Gasteiger partial charge in [0.1, 0.15) is 11.5 Å². The van der Waals surface area contributed by atoms with Crippen molar-refractivity contribution >= 4 is 11.6 Å². The molecule has 0 saturated carbocycles. The summed E-state index contributed by atoms with van der Waals surface area (Å²) in [4.78, 5) is 23.1. The van der Waals surface area contributed by atoms with Crippen molar-refractivity contribution in [3.8, 4) is 16.9 Å². The average molecular weight is 398 g/mol. The van der Waals surface area contributed by atoms with E-state index in [4.69, 9.17) is 4.74 Å². The zero-order valence-corrected chi connectivity index (χ0v) is 15.7. The first-order valence-corrected chi connectivity index (χ1v) is 8.88. The molecule has 29 heavy (non-hydrogen) atoms. The van der Waals surface area contributed by atoms with E-state index in [9.17, 15) is 19.3 Å². The summed E-state index contributed by atoms with van der Waals surface area (Å²) in [6, 6.07) is 13.2. The molecular weight excluding hydrogens is 379 g/mol. The molecule has 2 aromatic carbocycles. The quantitative estimate of drug-likeness (QED) is 0.356. The van der Waals surface area contributed by atoms with Gasteiger partial charge >= 0.3 is 0 Å². The van der Waals surface area contributed by atoms with Crippen molar-refractivity contribution < 1.29 is 18.8 Å². The van der Waals surface area contributed by atoms with Gasteiger partial charge in [-0.15, -0.1) is 0 Å². The Morgan fingerprint density at radius 3 is 2.62 bits per heavy atom. The van der Waals surface area contributed by atoms with E-state index in [0.29, 0.717) is 25.3 Å². The normalized spacial score (nSPS) is 10.7. The molecule has 0 spiro atoms. The van der Waals surface area contributed by atoms with Gasteiger partial charge < -0.3 is 10.1 Å². The van der Waals surface area contributed by atoms with Crippen LogP contribution < -0.4 is 5.32 Å².